The van der Waals surface area contributed by atoms with E-state index in [0.717, 1.165) is 4.90 Å². The minimum absolute atomic E-state index is 0.265. The number of nitrogens with zero attached hydrogens (tertiary/aromatic N) is 1. The highest BCUT2D eigenvalue weighted by Crippen LogP contribution is 2.31. The summed E-state index contributed by atoms with van der Waals surface area (Å²) >= 11 is 6.02. The van der Waals surface area contributed by atoms with Gasteiger partial charge >= 0.3 is 6.03 Å². The maximum Gasteiger partial charge on any atom is 0.328 e. The first kappa shape index (κ1) is 13.1. The van der Waals surface area contributed by atoms with Gasteiger partial charge in [-0.15, -0.1) is 0 Å². The number of nitrogen functional groups attached to an aromatic ring is 1. The molecule has 2 amide bonds. The lowest BCUT2D eigenvalue weighted by molar-refractivity contribution is 0.251. The Labute approximate surface area is 104 Å². The van der Waals surface area contributed by atoms with E-state index >= 15 is 0 Å². The lowest BCUT2D eigenvalue weighted by atomic mass is 10.1. The zero-order chi connectivity index (χ0) is 13.2. The van der Waals surface area contributed by atoms with E-state index in [0.29, 0.717) is 16.9 Å². The fourth-order valence-corrected chi connectivity index (χ4v) is 1.85. The van der Waals surface area contributed by atoms with Crippen molar-refractivity contribution in [1.82, 2.24) is 5.32 Å². The van der Waals surface area contributed by atoms with Gasteiger partial charge in [0.1, 0.15) is 0 Å². The van der Waals surface area contributed by atoms with E-state index in [9.17, 15) is 4.79 Å². The molecular weight excluding hydrogens is 242 g/mol. The van der Waals surface area contributed by atoms with Crippen molar-refractivity contribution < 1.29 is 4.79 Å². The molecule has 0 saturated carbocycles. The van der Waals surface area contributed by atoms with Gasteiger partial charge in [-0.3, -0.25) is 5.41 Å². The SMILES string of the molecule is CNC(=O)N(C(=N)N)c1c(C)cc(N)cc1Cl. The van der Waals surface area contributed by atoms with E-state index in [1.807, 2.05) is 0 Å². The summed E-state index contributed by atoms with van der Waals surface area (Å²) in [5.74, 6) is -0.417. The van der Waals surface area contributed by atoms with Crippen LogP contribution in [0.1, 0.15) is 5.56 Å². The van der Waals surface area contributed by atoms with Crippen molar-refractivity contribution in [3.63, 3.8) is 0 Å². The summed E-state index contributed by atoms with van der Waals surface area (Å²) in [6, 6.07) is 2.62. The molecule has 0 radical (unpaired) electrons. The van der Waals surface area contributed by atoms with Crippen LogP contribution in [0, 0.1) is 12.3 Å². The molecule has 0 heterocycles. The third-order valence-electron chi connectivity index (χ3n) is 2.16. The van der Waals surface area contributed by atoms with Crippen LogP contribution in [0.15, 0.2) is 12.1 Å². The highest BCUT2D eigenvalue weighted by Gasteiger charge is 2.22. The van der Waals surface area contributed by atoms with Gasteiger partial charge in [0.15, 0.2) is 0 Å². The molecule has 7 heteroatoms. The molecular formula is C10H14ClN5O. The fraction of sp³-hybridized carbons (Fsp3) is 0.200. The number of guanidine groups is 1. The molecule has 0 fully saturated rings. The molecule has 1 rings (SSSR count). The Kier molecular flexibility index (Phi) is 3.80. The van der Waals surface area contributed by atoms with Crippen LogP contribution in [-0.2, 0) is 0 Å². The number of carbonyl (C=O) groups excluding carboxylic acids is 1. The standard InChI is InChI=1S/C10H14ClN5O/c1-5-3-6(12)4-7(11)8(5)16(9(13)14)10(17)15-2/h3-4H,12H2,1-2H3,(H3,13,14)(H,15,17). The van der Waals surface area contributed by atoms with Crippen molar-refractivity contribution in [2.75, 3.05) is 17.7 Å². The van der Waals surface area contributed by atoms with Crippen molar-refractivity contribution >= 4 is 35.0 Å². The summed E-state index contributed by atoms with van der Waals surface area (Å²) in [6.07, 6.45) is 0. The lowest BCUT2D eigenvalue weighted by Gasteiger charge is -2.23. The number of hydrogen-bond donors (Lipinski definition) is 4. The van der Waals surface area contributed by atoms with Crippen LogP contribution in [0.3, 0.4) is 0 Å². The van der Waals surface area contributed by atoms with Crippen molar-refractivity contribution in [3.8, 4) is 0 Å². The molecule has 1 aromatic carbocycles. The van der Waals surface area contributed by atoms with Gasteiger partial charge in [0.2, 0.25) is 5.96 Å². The largest absolute Gasteiger partial charge is 0.399 e. The van der Waals surface area contributed by atoms with Crippen LogP contribution in [0.25, 0.3) is 0 Å². The molecule has 0 aliphatic heterocycles. The second-order valence-corrected chi connectivity index (χ2v) is 3.85. The van der Waals surface area contributed by atoms with Gasteiger partial charge in [-0.2, -0.15) is 0 Å². The molecule has 0 unspecified atom stereocenters. The summed E-state index contributed by atoms with van der Waals surface area (Å²) in [4.78, 5) is 12.6. The first-order valence-corrected chi connectivity index (χ1v) is 5.17. The number of halogens is 1. The predicted octanol–water partition coefficient (Wildman–Crippen LogP) is 1.27. The lowest BCUT2D eigenvalue weighted by Crippen LogP contribution is -2.46. The van der Waals surface area contributed by atoms with Gasteiger partial charge in [0.25, 0.3) is 0 Å². The summed E-state index contributed by atoms with van der Waals surface area (Å²) in [5.41, 5.74) is 12.5. The molecule has 0 aliphatic rings. The Hall–Kier alpha value is -1.95. The zero-order valence-electron chi connectivity index (χ0n) is 9.54. The smallest absolute Gasteiger partial charge is 0.328 e. The van der Waals surface area contributed by atoms with Crippen LogP contribution in [0.5, 0.6) is 0 Å². The van der Waals surface area contributed by atoms with E-state index in [2.05, 4.69) is 5.32 Å². The first-order valence-electron chi connectivity index (χ1n) is 4.80. The van der Waals surface area contributed by atoms with Crippen LogP contribution in [-0.4, -0.2) is 19.0 Å². The van der Waals surface area contributed by atoms with E-state index in [-0.39, 0.29) is 5.02 Å². The normalized spacial score (nSPS) is 9.82. The van der Waals surface area contributed by atoms with Crippen LogP contribution >= 0.6 is 11.6 Å². The quantitative estimate of drug-likeness (QED) is 0.345. The van der Waals surface area contributed by atoms with Crippen LogP contribution in [0.4, 0.5) is 16.2 Å². The second kappa shape index (κ2) is 4.92. The molecule has 1 aromatic rings. The van der Waals surface area contributed by atoms with E-state index in [1.54, 1.807) is 13.0 Å². The first-order chi connectivity index (χ1) is 7.88. The number of nitrogens with one attached hydrogen (secondary N) is 2. The van der Waals surface area contributed by atoms with Crippen LogP contribution in [0.2, 0.25) is 5.02 Å². The molecule has 0 spiro atoms. The Balaban J connectivity index is 3.38. The molecule has 0 bridgehead atoms. The summed E-state index contributed by atoms with van der Waals surface area (Å²) < 4.78 is 0. The number of anilines is 2. The molecule has 6 nitrogen and oxygen atoms in total. The molecule has 92 valence electrons. The average molecular weight is 256 g/mol. The molecule has 0 atom stereocenters. The second-order valence-electron chi connectivity index (χ2n) is 3.44. The summed E-state index contributed by atoms with van der Waals surface area (Å²) in [7, 11) is 1.44. The van der Waals surface area contributed by atoms with E-state index in [1.165, 1.54) is 13.1 Å². The van der Waals surface area contributed by atoms with Crippen molar-refractivity contribution in [1.29, 1.82) is 5.41 Å². The number of carbonyl (C=O) groups is 1. The number of amides is 2. The molecule has 17 heavy (non-hydrogen) atoms. The number of hydrogen-bond acceptors (Lipinski definition) is 3. The third kappa shape index (κ3) is 2.59. The summed E-state index contributed by atoms with van der Waals surface area (Å²) in [6.45, 7) is 1.73. The van der Waals surface area contributed by atoms with Crippen molar-refractivity contribution in [2.45, 2.75) is 6.92 Å². The van der Waals surface area contributed by atoms with Crippen molar-refractivity contribution in [3.05, 3.63) is 22.7 Å². The molecule has 0 saturated heterocycles. The van der Waals surface area contributed by atoms with Crippen LogP contribution < -0.4 is 21.7 Å². The highest BCUT2D eigenvalue weighted by molar-refractivity contribution is 6.35. The zero-order valence-corrected chi connectivity index (χ0v) is 10.3. The van der Waals surface area contributed by atoms with Gasteiger partial charge in [-0.05, 0) is 24.6 Å². The monoisotopic (exact) mass is 255 g/mol. The van der Waals surface area contributed by atoms with Crippen molar-refractivity contribution in [2.24, 2.45) is 5.73 Å². The van der Waals surface area contributed by atoms with Gasteiger partial charge in [0.05, 0.1) is 10.7 Å². The fourth-order valence-electron chi connectivity index (χ4n) is 1.49. The number of aryl methyl sites for hydroxylation is 1. The van der Waals surface area contributed by atoms with E-state index < -0.39 is 12.0 Å². The minimum Gasteiger partial charge on any atom is -0.399 e. The Morgan fingerprint density at radius 3 is 2.53 bits per heavy atom. The summed E-state index contributed by atoms with van der Waals surface area (Å²) in [5, 5.41) is 10.1. The third-order valence-corrected chi connectivity index (χ3v) is 2.45. The van der Waals surface area contributed by atoms with Gasteiger partial charge in [0, 0.05) is 12.7 Å². The molecule has 0 aliphatic carbocycles. The minimum atomic E-state index is -0.535. The van der Waals surface area contributed by atoms with Gasteiger partial charge < -0.3 is 16.8 Å². The highest BCUT2D eigenvalue weighted by atomic mass is 35.5. The molecule has 6 N–H and O–H groups in total. The maximum absolute atomic E-state index is 11.6. The Bertz CT molecular complexity index is 451. The van der Waals surface area contributed by atoms with Gasteiger partial charge in [-0.1, -0.05) is 11.6 Å². The number of nitrogens with two attached hydrogens (primary N) is 2. The number of rotatable bonds is 1. The number of urea groups is 1. The predicted molar refractivity (Wildman–Crippen MR) is 69.5 cm³/mol. The topological polar surface area (TPSA) is 108 Å². The number of benzene rings is 1. The van der Waals surface area contributed by atoms with Gasteiger partial charge in [-0.25, -0.2) is 9.69 Å². The molecule has 0 aromatic heterocycles. The average Bonchev–Trinajstić information content (AvgIpc) is 2.21. The van der Waals surface area contributed by atoms with E-state index in [4.69, 9.17) is 28.5 Å². The Morgan fingerprint density at radius 2 is 2.12 bits per heavy atom. The maximum atomic E-state index is 11.6. The Morgan fingerprint density at radius 1 is 1.53 bits per heavy atom.